The van der Waals surface area contributed by atoms with Crippen LogP contribution in [0.5, 0.6) is 5.75 Å². The van der Waals surface area contributed by atoms with Crippen molar-refractivity contribution in [2.45, 2.75) is 56.9 Å². The molecule has 2 fully saturated rings. The first-order chi connectivity index (χ1) is 11.2. The number of piperidine rings is 1. The summed E-state index contributed by atoms with van der Waals surface area (Å²) in [7, 11) is 0. The number of hydrogen-bond acceptors (Lipinski definition) is 3. The molecular weight excluding hydrogens is 286 g/mol. The van der Waals surface area contributed by atoms with Gasteiger partial charge in [0.25, 0.3) is 0 Å². The van der Waals surface area contributed by atoms with Gasteiger partial charge in [-0.05, 0) is 68.3 Å². The van der Waals surface area contributed by atoms with Gasteiger partial charge in [0.2, 0.25) is 0 Å². The van der Waals surface area contributed by atoms with Crippen molar-refractivity contribution in [2.75, 3.05) is 26.3 Å². The van der Waals surface area contributed by atoms with E-state index in [9.17, 15) is 5.11 Å². The number of aromatic hydroxyl groups is 1. The molecule has 0 unspecified atom stereocenters. The Morgan fingerprint density at radius 3 is 3.09 bits per heavy atom. The lowest BCUT2D eigenvalue weighted by Crippen LogP contribution is -2.61. The molecule has 3 heteroatoms. The highest BCUT2D eigenvalue weighted by Gasteiger charge is 2.53. The SMILES string of the molecule is CCOCCN1CC[C@]23CCCC[C@H]2[C@@H]1Cc1ccc(O)cc13. The van der Waals surface area contributed by atoms with Crippen molar-refractivity contribution in [3.63, 3.8) is 0 Å². The number of fused-ring (bicyclic) bond motifs is 1. The summed E-state index contributed by atoms with van der Waals surface area (Å²) in [5.74, 6) is 1.21. The molecule has 3 aliphatic rings. The van der Waals surface area contributed by atoms with Crippen LogP contribution in [0.3, 0.4) is 0 Å². The largest absolute Gasteiger partial charge is 0.508 e. The number of rotatable bonds is 4. The summed E-state index contributed by atoms with van der Waals surface area (Å²) in [6.45, 7) is 6.00. The van der Waals surface area contributed by atoms with Gasteiger partial charge in [-0.3, -0.25) is 4.90 Å². The minimum absolute atomic E-state index is 0.331. The van der Waals surface area contributed by atoms with Gasteiger partial charge in [-0.2, -0.15) is 0 Å². The average Bonchev–Trinajstić information content (AvgIpc) is 2.57. The topological polar surface area (TPSA) is 32.7 Å². The quantitative estimate of drug-likeness (QED) is 0.863. The van der Waals surface area contributed by atoms with Gasteiger partial charge >= 0.3 is 0 Å². The number of phenolic OH excluding ortho intramolecular Hbond substituents is 1. The summed E-state index contributed by atoms with van der Waals surface area (Å²) >= 11 is 0. The molecule has 0 aromatic heterocycles. The lowest BCUT2D eigenvalue weighted by Gasteiger charge is -2.59. The second kappa shape index (κ2) is 6.10. The molecule has 1 heterocycles. The Kier molecular flexibility index (Phi) is 4.10. The van der Waals surface area contributed by atoms with Crippen molar-refractivity contribution < 1.29 is 9.84 Å². The number of nitrogens with zero attached hydrogens (tertiary/aromatic N) is 1. The Labute approximate surface area is 139 Å². The van der Waals surface area contributed by atoms with Crippen LogP contribution in [0.4, 0.5) is 0 Å². The Morgan fingerprint density at radius 2 is 2.22 bits per heavy atom. The normalized spacial score (nSPS) is 33.1. The molecule has 2 bridgehead atoms. The van der Waals surface area contributed by atoms with Crippen LogP contribution in [0, 0.1) is 5.92 Å². The van der Waals surface area contributed by atoms with Gasteiger partial charge < -0.3 is 9.84 Å². The van der Waals surface area contributed by atoms with Crippen LogP contribution in [-0.4, -0.2) is 42.4 Å². The lowest BCUT2D eigenvalue weighted by molar-refractivity contribution is -0.0235. The summed E-state index contributed by atoms with van der Waals surface area (Å²) in [5, 5.41) is 10.0. The van der Waals surface area contributed by atoms with Crippen LogP contribution in [0.2, 0.25) is 0 Å². The highest BCUT2D eigenvalue weighted by atomic mass is 16.5. The van der Waals surface area contributed by atoms with Crippen molar-refractivity contribution in [3.8, 4) is 5.75 Å². The minimum atomic E-state index is 0.331. The van der Waals surface area contributed by atoms with Crippen LogP contribution < -0.4 is 0 Å². The Bertz CT molecular complexity index is 573. The maximum atomic E-state index is 10.0. The van der Waals surface area contributed by atoms with E-state index >= 15 is 0 Å². The molecule has 1 aromatic carbocycles. The summed E-state index contributed by atoms with van der Waals surface area (Å²) < 4.78 is 5.62. The lowest BCUT2D eigenvalue weighted by atomic mass is 9.52. The molecule has 2 aliphatic carbocycles. The molecule has 0 spiro atoms. The van der Waals surface area contributed by atoms with E-state index in [-0.39, 0.29) is 0 Å². The van der Waals surface area contributed by atoms with Gasteiger partial charge in [-0.1, -0.05) is 18.9 Å². The summed E-state index contributed by atoms with van der Waals surface area (Å²) in [4.78, 5) is 2.69. The number of ether oxygens (including phenoxy) is 1. The molecule has 1 saturated carbocycles. The van der Waals surface area contributed by atoms with Crippen LogP contribution in [0.1, 0.15) is 50.2 Å². The third-order valence-corrected chi connectivity index (χ3v) is 6.66. The highest BCUT2D eigenvalue weighted by molar-refractivity contribution is 5.45. The zero-order chi connectivity index (χ0) is 15.9. The smallest absolute Gasteiger partial charge is 0.115 e. The molecule has 0 radical (unpaired) electrons. The van der Waals surface area contributed by atoms with Gasteiger partial charge in [-0.25, -0.2) is 0 Å². The van der Waals surface area contributed by atoms with Crippen LogP contribution >= 0.6 is 0 Å². The van der Waals surface area contributed by atoms with E-state index in [0.717, 1.165) is 32.1 Å². The fourth-order valence-corrected chi connectivity index (χ4v) is 5.68. The second-order valence-corrected chi connectivity index (χ2v) is 7.60. The van der Waals surface area contributed by atoms with Crippen molar-refractivity contribution in [1.29, 1.82) is 0 Å². The van der Waals surface area contributed by atoms with E-state index in [1.807, 2.05) is 6.07 Å². The summed E-state index contributed by atoms with van der Waals surface area (Å²) in [6, 6.07) is 6.80. The zero-order valence-corrected chi connectivity index (χ0v) is 14.3. The van der Waals surface area contributed by atoms with Gasteiger partial charge in [0.1, 0.15) is 5.75 Å². The number of phenols is 1. The Balaban J connectivity index is 1.68. The van der Waals surface area contributed by atoms with Crippen LogP contribution in [0.15, 0.2) is 18.2 Å². The minimum Gasteiger partial charge on any atom is -0.508 e. The first kappa shape index (κ1) is 15.5. The van der Waals surface area contributed by atoms with E-state index in [2.05, 4.69) is 24.0 Å². The second-order valence-electron chi connectivity index (χ2n) is 7.60. The van der Waals surface area contributed by atoms with Crippen LogP contribution in [-0.2, 0) is 16.6 Å². The van der Waals surface area contributed by atoms with Gasteiger partial charge in [0.15, 0.2) is 0 Å². The standard InChI is InChI=1S/C20H29NO2/c1-2-23-12-11-21-10-9-20-8-4-3-5-17(20)19(21)13-15-6-7-16(22)14-18(15)20/h6-7,14,17,19,22H,2-5,8-13H2,1H3/t17-,19-,20+/m0/s1. The maximum Gasteiger partial charge on any atom is 0.115 e. The molecule has 1 aliphatic heterocycles. The fourth-order valence-electron chi connectivity index (χ4n) is 5.68. The summed E-state index contributed by atoms with van der Waals surface area (Å²) in [6.07, 6.45) is 7.77. The summed E-state index contributed by atoms with van der Waals surface area (Å²) in [5.41, 5.74) is 3.28. The van der Waals surface area contributed by atoms with Gasteiger partial charge in [-0.15, -0.1) is 0 Å². The number of likely N-dealkylation sites (tertiary alicyclic amines) is 1. The highest BCUT2D eigenvalue weighted by Crippen LogP contribution is 2.56. The van der Waals surface area contributed by atoms with E-state index in [1.54, 1.807) is 0 Å². The maximum absolute atomic E-state index is 10.0. The molecule has 1 N–H and O–H groups in total. The molecule has 0 amide bonds. The van der Waals surface area contributed by atoms with Crippen molar-refractivity contribution in [2.24, 2.45) is 5.92 Å². The number of hydrogen-bond donors (Lipinski definition) is 1. The first-order valence-corrected chi connectivity index (χ1v) is 9.39. The Hall–Kier alpha value is -1.06. The van der Waals surface area contributed by atoms with Crippen molar-refractivity contribution in [1.82, 2.24) is 4.90 Å². The van der Waals surface area contributed by atoms with E-state index in [4.69, 9.17) is 4.74 Å². The fraction of sp³-hybridized carbons (Fsp3) is 0.700. The van der Waals surface area contributed by atoms with E-state index in [0.29, 0.717) is 17.2 Å². The van der Waals surface area contributed by atoms with Crippen LogP contribution in [0.25, 0.3) is 0 Å². The molecule has 3 nitrogen and oxygen atoms in total. The van der Waals surface area contributed by atoms with Gasteiger partial charge in [0, 0.05) is 24.6 Å². The molecule has 23 heavy (non-hydrogen) atoms. The zero-order valence-electron chi connectivity index (χ0n) is 14.3. The Morgan fingerprint density at radius 1 is 1.30 bits per heavy atom. The van der Waals surface area contributed by atoms with Gasteiger partial charge in [0.05, 0.1) is 6.61 Å². The number of benzene rings is 1. The first-order valence-electron chi connectivity index (χ1n) is 9.39. The monoisotopic (exact) mass is 315 g/mol. The third-order valence-electron chi connectivity index (χ3n) is 6.66. The molecule has 4 rings (SSSR count). The third kappa shape index (κ3) is 2.49. The van der Waals surface area contributed by atoms with Crippen molar-refractivity contribution in [3.05, 3.63) is 29.3 Å². The molecule has 3 atom stereocenters. The van der Waals surface area contributed by atoms with Crippen molar-refractivity contribution >= 4 is 0 Å². The van der Waals surface area contributed by atoms with E-state index < -0.39 is 0 Å². The molecule has 1 aromatic rings. The average molecular weight is 315 g/mol. The predicted octanol–water partition coefficient (Wildman–Crippen LogP) is 3.49. The predicted molar refractivity (Wildman–Crippen MR) is 91.9 cm³/mol. The van der Waals surface area contributed by atoms with E-state index in [1.165, 1.54) is 49.8 Å². The molecule has 126 valence electrons. The molecular formula is C20H29NO2. The molecule has 1 saturated heterocycles.